The van der Waals surface area contributed by atoms with Crippen molar-refractivity contribution in [2.24, 2.45) is 10.2 Å². The molecule has 0 amide bonds. The third kappa shape index (κ3) is 4.10. The number of benzene rings is 1. The van der Waals surface area contributed by atoms with Crippen LogP contribution < -0.4 is 0 Å². The van der Waals surface area contributed by atoms with Crippen LogP contribution in [0.1, 0.15) is 16.1 Å². The lowest BCUT2D eigenvalue weighted by Crippen LogP contribution is -1.93. The van der Waals surface area contributed by atoms with Crippen LogP contribution >= 0.6 is 0 Å². The lowest BCUT2D eigenvalue weighted by molar-refractivity contribution is -0.402. The molecule has 2 rings (SSSR count). The minimum absolute atomic E-state index is 0.175. The van der Waals surface area contributed by atoms with Crippen molar-refractivity contribution in [3.63, 3.8) is 0 Å². The zero-order chi connectivity index (χ0) is 15.9. The van der Waals surface area contributed by atoms with Crippen molar-refractivity contribution in [3.8, 4) is 0 Å². The number of carbonyl (C=O) groups is 1. The Morgan fingerprint density at radius 2 is 2.00 bits per heavy atom. The zero-order valence-electron chi connectivity index (χ0n) is 11.2. The highest BCUT2D eigenvalue weighted by Crippen LogP contribution is 2.16. The first-order valence-corrected chi connectivity index (χ1v) is 6.18. The topological polar surface area (TPSA) is 118 Å². The van der Waals surface area contributed by atoms with Crippen molar-refractivity contribution in [2.75, 3.05) is 0 Å². The molecule has 0 radical (unpaired) electrons. The van der Waals surface area contributed by atoms with E-state index >= 15 is 0 Å². The van der Waals surface area contributed by atoms with Gasteiger partial charge in [0, 0.05) is 12.6 Å². The van der Waals surface area contributed by atoms with Crippen molar-refractivity contribution >= 4 is 17.5 Å². The third-order valence-corrected chi connectivity index (χ3v) is 2.61. The highest BCUT2D eigenvalue weighted by atomic mass is 16.6. The molecule has 0 aliphatic heterocycles. The van der Waals surface area contributed by atoms with E-state index in [1.807, 2.05) is 0 Å². The van der Waals surface area contributed by atoms with Gasteiger partial charge in [-0.05, 0) is 30.3 Å². The molecule has 1 heterocycles. The van der Waals surface area contributed by atoms with Gasteiger partial charge in [0.15, 0.2) is 0 Å². The fraction of sp³-hybridized carbons (Fsp3) is 0.0714. The van der Waals surface area contributed by atoms with E-state index in [0.29, 0.717) is 17.9 Å². The molecule has 0 saturated heterocycles. The SMILES string of the molecule is O=C(O)c1ccc(N=N/C=C/Cc2ccc([N+](=O)[O-])o2)cc1. The molecular weight excluding hydrogens is 290 g/mol. The molecule has 0 spiro atoms. The van der Waals surface area contributed by atoms with Crippen LogP contribution in [0.5, 0.6) is 0 Å². The van der Waals surface area contributed by atoms with Gasteiger partial charge in [-0.25, -0.2) is 4.79 Å². The summed E-state index contributed by atoms with van der Waals surface area (Å²) in [6.45, 7) is 0. The maximum absolute atomic E-state index is 10.7. The second-order valence-electron chi connectivity index (χ2n) is 4.15. The fourth-order valence-corrected chi connectivity index (χ4v) is 1.56. The predicted octanol–water partition coefficient (Wildman–Crippen LogP) is 3.73. The van der Waals surface area contributed by atoms with Gasteiger partial charge >= 0.3 is 11.9 Å². The minimum atomic E-state index is -1.00. The maximum Gasteiger partial charge on any atom is 0.433 e. The van der Waals surface area contributed by atoms with Crippen LogP contribution in [-0.4, -0.2) is 16.0 Å². The van der Waals surface area contributed by atoms with Gasteiger partial charge in [0.25, 0.3) is 0 Å². The number of azo groups is 1. The van der Waals surface area contributed by atoms with Gasteiger partial charge in [-0.3, -0.25) is 10.1 Å². The first kappa shape index (κ1) is 15.1. The third-order valence-electron chi connectivity index (χ3n) is 2.61. The van der Waals surface area contributed by atoms with E-state index in [4.69, 9.17) is 9.52 Å². The van der Waals surface area contributed by atoms with Crippen molar-refractivity contribution in [2.45, 2.75) is 6.42 Å². The number of nitrogens with zero attached hydrogens (tertiary/aromatic N) is 3. The van der Waals surface area contributed by atoms with Crippen molar-refractivity contribution < 1.29 is 19.2 Å². The largest absolute Gasteiger partial charge is 0.478 e. The molecule has 0 saturated carbocycles. The molecule has 0 aliphatic carbocycles. The van der Waals surface area contributed by atoms with E-state index in [-0.39, 0.29) is 11.4 Å². The number of aromatic carboxylic acids is 1. The average molecular weight is 301 g/mol. The molecule has 0 atom stereocenters. The molecule has 2 aromatic rings. The fourth-order valence-electron chi connectivity index (χ4n) is 1.56. The van der Waals surface area contributed by atoms with Gasteiger partial charge in [-0.2, -0.15) is 10.2 Å². The molecule has 0 bridgehead atoms. The number of hydrogen-bond donors (Lipinski definition) is 1. The summed E-state index contributed by atoms with van der Waals surface area (Å²) in [5.74, 6) is -0.858. The Morgan fingerprint density at radius 1 is 1.27 bits per heavy atom. The summed E-state index contributed by atoms with van der Waals surface area (Å²) in [4.78, 5) is 20.5. The summed E-state index contributed by atoms with van der Waals surface area (Å²) in [5.41, 5.74) is 0.692. The summed E-state index contributed by atoms with van der Waals surface area (Å²) in [5, 5.41) is 26.9. The van der Waals surface area contributed by atoms with Crippen LogP contribution in [-0.2, 0) is 6.42 Å². The Bertz CT molecular complexity index is 731. The summed E-state index contributed by atoms with van der Waals surface area (Å²) < 4.78 is 4.97. The molecule has 22 heavy (non-hydrogen) atoms. The van der Waals surface area contributed by atoms with Gasteiger partial charge < -0.3 is 9.52 Å². The van der Waals surface area contributed by atoms with Gasteiger partial charge in [0.1, 0.15) is 10.7 Å². The number of allylic oxidation sites excluding steroid dienone is 1. The lowest BCUT2D eigenvalue weighted by atomic mass is 10.2. The molecule has 8 heteroatoms. The smallest absolute Gasteiger partial charge is 0.433 e. The standard InChI is InChI=1S/C14H11N3O5/c18-14(19)10-3-5-11(6-4-10)16-15-9-1-2-12-7-8-13(22-12)17(20)21/h1,3-9H,2H2,(H,18,19)/b9-1+,16-15?. The van der Waals surface area contributed by atoms with Gasteiger partial charge in [-0.1, -0.05) is 6.08 Å². The monoisotopic (exact) mass is 301 g/mol. The van der Waals surface area contributed by atoms with E-state index in [2.05, 4.69) is 10.2 Å². The van der Waals surface area contributed by atoms with E-state index in [1.165, 1.54) is 42.6 Å². The van der Waals surface area contributed by atoms with Crippen LogP contribution in [0.4, 0.5) is 11.6 Å². The average Bonchev–Trinajstić information content (AvgIpc) is 2.96. The highest BCUT2D eigenvalue weighted by molar-refractivity contribution is 5.87. The molecule has 0 fully saturated rings. The summed E-state index contributed by atoms with van der Waals surface area (Å²) in [6.07, 6.45) is 3.42. The van der Waals surface area contributed by atoms with Gasteiger partial charge in [0.2, 0.25) is 0 Å². The zero-order valence-corrected chi connectivity index (χ0v) is 11.2. The number of carboxylic acids is 1. The van der Waals surface area contributed by atoms with Crippen LogP contribution in [0.3, 0.4) is 0 Å². The molecule has 8 nitrogen and oxygen atoms in total. The van der Waals surface area contributed by atoms with Gasteiger partial charge in [-0.15, -0.1) is 0 Å². The van der Waals surface area contributed by atoms with Crippen LogP contribution in [0.2, 0.25) is 0 Å². The predicted molar refractivity (Wildman–Crippen MR) is 76.1 cm³/mol. The second kappa shape index (κ2) is 6.93. The molecule has 1 aromatic carbocycles. The Labute approximate surface area is 124 Å². The summed E-state index contributed by atoms with van der Waals surface area (Å²) >= 11 is 0. The van der Waals surface area contributed by atoms with Gasteiger partial charge in [0.05, 0.1) is 17.3 Å². The van der Waals surface area contributed by atoms with E-state index < -0.39 is 10.9 Å². The molecule has 0 aliphatic rings. The van der Waals surface area contributed by atoms with Crippen molar-refractivity contribution in [3.05, 3.63) is 70.1 Å². The first-order chi connectivity index (χ1) is 10.6. The number of hydrogen-bond acceptors (Lipinski definition) is 6. The number of furan rings is 1. The van der Waals surface area contributed by atoms with Crippen molar-refractivity contribution in [1.82, 2.24) is 0 Å². The Morgan fingerprint density at radius 3 is 2.59 bits per heavy atom. The van der Waals surface area contributed by atoms with E-state index in [1.54, 1.807) is 6.08 Å². The lowest BCUT2D eigenvalue weighted by Gasteiger charge is -1.93. The summed E-state index contributed by atoms with van der Waals surface area (Å²) in [6, 6.07) is 8.75. The van der Waals surface area contributed by atoms with Crippen LogP contribution in [0.25, 0.3) is 0 Å². The second-order valence-corrected chi connectivity index (χ2v) is 4.15. The Hall–Kier alpha value is -3.29. The van der Waals surface area contributed by atoms with E-state index in [0.717, 1.165) is 0 Å². The summed E-state index contributed by atoms with van der Waals surface area (Å²) in [7, 11) is 0. The maximum atomic E-state index is 10.7. The van der Waals surface area contributed by atoms with Crippen molar-refractivity contribution in [1.29, 1.82) is 0 Å². The molecule has 112 valence electrons. The van der Waals surface area contributed by atoms with Crippen LogP contribution in [0, 0.1) is 10.1 Å². The highest BCUT2D eigenvalue weighted by Gasteiger charge is 2.10. The quantitative estimate of drug-likeness (QED) is 0.495. The van der Waals surface area contributed by atoms with E-state index in [9.17, 15) is 14.9 Å². The number of rotatable bonds is 6. The minimum Gasteiger partial charge on any atom is -0.478 e. The molecule has 1 aromatic heterocycles. The molecule has 1 N–H and O–H groups in total. The Kier molecular flexibility index (Phi) is 4.76. The number of nitro groups is 1. The number of carboxylic acid groups (broad SMARTS) is 1. The Balaban J connectivity index is 1.88. The molecular formula is C14H11N3O5. The van der Waals surface area contributed by atoms with Crippen LogP contribution in [0.15, 0.2) is 63.3 Å². The normalized spacial score (nSPS) is 11.3. The molecule has 0 unspecified atom stereocenters. The first-order valence-electron chi connectivity index (χ1n) is 6.18.